The molecule has 5 heteroatoms. The maximum atomic E-state index is 8.81. The van der Waals surface area contributed by atoms with Crippen molar-refractivity contribution in [3.05, 3.63) is 119 Å². The molecule has 0 atom stereocenters. The molecule has 0 aliphatic rings. The maximum absolute atomic E-state index is 8.81. The number of phenols is 4. The third kappa shape index (κ3) is 15.4. The van der Waals surface area contributed by atoms with Gasteiger partial charge in [-0.15, -0.1) is 0 Å². The van der Waals surface area contributed by atoms with E-state index in [1.54, 1.807) is 48.5 Å². The van der Waals surface area contributed by atoms with Crippen LogP contribution in [0.5, 0.6) is 23.0 Å². The Kier molecular flexibility index (Phi) is 15.1. The van der Waals surface area contributed by atoms with Crippen molar-refractivity contribution < 1.29 is 46.6 Å². The number of rotatable bonds is 0. The standard InChI is InChI=1S/4C7H8O.Zr/c4*1-6-3-2-4-7(8)5-6;/h4*2-5,8H,1H3;. The third-order valence-electron chi connectivity index (χ3n) is 4.01. The minimum absolute atomic E-state index is 0. The van der Waals surface area contributed by atoms with Crippen LogP contribution < -0.4 is 0 Å². The van der Waals surface area contributed by atoms with Crippen LogP contribution in [-0.4, -0.2) is 20.4 Å². The summed E-state index contributed by atoms with van der Waals surface area (Å²) in [6.45, 7) is 7.78. The van der Waals surface area contributed by atoms with Crippen LogP contribution in [0.2, 0.25) is 0 Å². The first kappa shape index (κ1) is 30.0. The van der Waals surface area contributed by atoms with E-state index in [1.807, 2.05) is 76.2 Å². The summed E-state index contributed by atoms with van der Waals surface area (Å²) in [5.41, 5.74) is 4.35. The summed E-state index contributed by atoms with van der Waals surface area (Å²) in [7, 11) is 0. The van der Waals surface area contributed by atoms with E-state index in [9.17, 15) is 0 Å². The van der Waals surface area contributed by atoms with Gasteiger partial charge in [0.1, 0.15) is 23.0 Å². The van der Waals surface area contributed by atoms with Crippen molar-refractivity contribution >= 4 is 0 Å². The Bertz CT molecular complexity index is 837. The van der Waals surface area contributed by atoms with Gasteiger partial charge in [-0.2, -0.15) is 0 Å². The predicted octanol–water partition coefficient (Wildman–Crippen LogP) is 6.80. The molecular weight excluding hydrogens is 492 g/mol. The summed E-state index contributed by atoms with van der Waals surface area (Å²) in [4.78, 5) is 0. The van der Waals surface area contributed by atoms with Crippen molar-refractivity contribution in [2.75, 3.05) is 0 Å². The van der Waals surface area contributed by atoms with Gasteiger partial charge in [-0.05, 0) is 98.5 Å². The number of benzene rings is 4. The number of hydrogen-bond acceptors (Lipinski definition) is 4. The summed E-state index contributed by atoms with van der Waals surface area (Å²) in [5.74, 6) is 1.35. The molecule has 0 heterocycles. The Morgan fingerprint density at radius 1 is 0.364 bits per heavy atom. The zero-order chi connectivity index (χ0) is 23.9. The minimum Gasteiger partial charge on any atom is -0.508 e. The molecule has 0 saturated carbocycles. The molecule has 0 bridgehead atoms. The molecule has 4 nitrogen and oxygen atoms in total. The molecule has 0 aliphatic heterocycles. The predicted molar refractivity (Wildman–Crippen MR) is 131 cm³/mol. The van der Waals surface area contributed by atoms with Crippen LogP contribution in [0.15, 0.2) is 97.1 Å². The molecule has 0 spiro atoms. The Morgan fingerprint density at radius 2 is 0.545 bits per heavy atom. The minimum atomic E-state index is 0. The van der Waals surface area contributed by atoms with E-state index >= 15 is 0 Å². The van der Waals surface area contributed by atoms with E-state index in [4.69, 9.17) is 20.4 Å². The Hall–Kier alpha value is -3.04. The van der Waals surface area contributed by atoms with Gasteiger partial charge < -0.3 is 20.4 Å². The fourth-order valence-electron chi connectivity index (χ4n) is 2.51. The van der Waals surface area contributed by atoms with Crippen LogP contribution >= 0.6 is 0 Å². The number of hydrogen-bond donors (Lipinski definition) is 4. The molecule has 0 amide bonds. The molecule has 4 N–H and O–H groups in total. The van der Waals surface area contributed by atoms with Gasteiger partial charge in [-0.3, -0.25) is 0 Å². The largest absolute Gasteiger partial charge is 0.508 e. The maximum Gasteiger partial charge on any atom is 0.115 e. The fraction of sp³-hybridized carbons (Fsp3) is 0.143. The summed E-state index contributed by atoms with van der Waals surface area (Å²) < 4.78 is 0. The average Bonchev–Trinajstić information content (AvgIpc) is 2.69. The van der Waals surface area contributed by atoms with Gasteiger partial charge in [0.25, 0.3) is 0 Å². The van der Waals surface area contributed by atoms with E-state index in [2.05, 4.69) is 0 Å². The van der Waals surface area contributed by atoms with E-state index < -0.39 is 0 Å². The number of aryl methyl sites for hydroxylation is 4. The van der Waals surface area contributed by atoms with Crippen molar-refractivity contribution in [3.8, 4) is 23.0 Å². The Balaban J connectivity index is 0.000000410. The average molecular weight is 524 g/mol. The molecule has 4 aromatic rings. The molecule has 4 aromatic carbocycles. The zero-order valence-corrected chi connectivity index (χ0v) is 22.0. The quantitative estimate of drug-likeness (QED) is 0.204. The van der Waals surface area contributed by atoms with Crippen molar-refractivity contribution in [2.24, 2.45) is 0 Å². The second-order valence-electron chi connectivity index (χ2n) is 7.36. The van der Waals surface area contributed by atoms with Crippen LogP contribution in [0, 0.1) is 27.7 Å². The molecule has 0 fully saturated rings. The van der Waals surface area contributed by atoms with Crippen LogP contribution in [-0.2, 0) is 26.2 Å². The van der Waals surface area contributed by atoms with Crippen molar-refractivity contribution in [2.45, 2.75) is 27.7 Å². The molecule has 0 saturated heterocycles. The second kappa shape index (κ2) is 16.6. The second-order valence-corrected chi connectivity index (χ2v) is 7.36. The summed E-state index contributed by atoms with van der Waals surface area (Å²) >= 11 is 0. The number of aromatic hydroxyl groups is 4. The van der Waals surface area contributed by atoms with E-state index in [-0.39, 0.29) is 26.2 Å². The number of phenolic OH excluding ortho intramolecular Hbond substituents is 4. The normalized spacial score (nSPS) is 8.85. The van der Waals surface area contributed by atoms with Crippen LogP contribution in [0.3, 0.4) is 0 Å². The fourth-order valence-corrected chi connectivity index (χ4v) is 2.51. The first-order valence-corrected chi connectivity index (χ1v) is 10.2. The van der Waals surface area contributed by atoms with Gasteiger partial charge in [0.2, 0.25) is 0 Å². The van der Waals surface area contributed by atoms with Gasteiger partial charge >= 0.3 is 0 Å². The van der Waals surface area contributed by atoms with Gasteiger partial charge in [-0.25, -0.2) is 0 Å². The molecule has 0 aliphatic carbocycles. The van der Waals surface area contributed by atoms with Crippen LogP contribution in [0.25, 0.3) is 0 Å². The summed E-state index contributed by atoms with van der Waals surface area (Å²) in [6.07, 6.45) is 0. The Morgan fingerprint density at radius 3 is 0.636 bits per heavy atom. The van der Waals surface area contributed by atoms with Gasteiger partial charge in [0.15, 0.2) is 0 Å². The molecule has 0 aromatic heterocycles. The topological polar surface area (TPSA) is 80.9 Å². The SMILES string of the molecule is Cc1cccc(O)c1.Cc1cccc(O)c1.Cc1cccc(O)c1.Cc1cccc(O)c1.[Zr]. The third-order valence-corrected chi connectivity index (χ3v) is 4.01. The first-order chi connectivity index (χ1) is 15.2. The van der Waals surface area contributed by atoms with Gasteiger partial charge in [-0.1, -0.05) is 48.5 Å². The van der Waals surface area contributed by atoms with Gasteiger partial charge in [0.05, 0.1) is 0 Å². The molecule has 0 unspecified atom stereocenters. The molecule has 4 rings (SSSR count). The van der Waals surface area contributed by atoms with E-state index in [0.717, 1.165) is 22.3 Å². The molecule has 33 heavy (non-hydrogen) atoms. The Labute approximate surface area is 216 Å². The van der Waals surface area contributed by atoms with Crippen LogP contribution in [0.1, 0.15) is 22.3 Å². The smallest absolute Gasteiger partial charge is 0.115 e. The molecule has 172 valence electrons. The molecular formula is C28H32O4Zr. The first-order valence-electron chi connectivity index (χ1n) is 10.2. The van der Waals surface area contributed by atoms with Crippen molar-refractivity contribution in [1.82, 2.24) is 0 Å². The summed E-state index contributed by atoms with van der Waals surface area (Å²) in [6, 6.07) is 28.6. The van der Waals surface area contributed by atoms with Crippen molar-refractivity contribution in [3.63, 3.8) is 0 Å². The van der Waals surface area contributed by atoms with E-state index in [1.165, 1.54) is 0 Å². The van der Waals surface area contributed by atoms with Gasteiger partial charge in [0, 0.05) is 26.2 Å². The molecule has 0 radical (unpaired) electrons. The monoisotopic (exact) mass is 522 g/mol. The summed E-state index contributed by atoms with van der Waals surface area (Å²) in [5, 5.41) is 35.3. The van der Waals surface area contributed by atoms with E-state index in [0.29, 0.717) is 23.0 Å². The van der Waals surface area contributed by atoms with Crippen LogP contribution in [0.4, 0.5) is 0 Å². The van der Waals surface area contributed by atoms with Crippen molar-refractivity contribution in [1.29, 1.82) is 0 Å². The zero-order valence-electron chi connectivity index (χ0n) is 19.5.